The van der Waals surface area contributed by atoms with Crippen LogP contribution in [0.25, 0.3) is 0 Å². The van der Waals surface area contributed by atoms with Crippen molar-refractivity contribution in [2.75, 3.05) is 7.11 Å². The lowest BCUT2D eigenvalue weighted by Gasteiger charge is -2.03. The molecule has 25 heavy (non-hydrogen) atoms. The Morgan fingerprint density at radius 3 is 2.36 bits per heavy atom. The van der Waals surface area contributed by atoms with Crippen molar-refractivity contribution in [2.24, 2.45) is 11.7 Å². The second-order valence-corrected chi connectivity index (χ2v) is 5.23. The molecule has 0 amide bonds. The SMILES string of the molecule is C/C=C(\C=C/C(C)/C=C/C=O)NSOC.CC.NCc1ccccc1. The molecule has 3 N–H and O–H groups in total. The molecule has 1 unspecified atom stereocenters. The van der Waals surface area contributed by atoms with Gasteiger partial charge in [-0.25, -0.2) is 0 Å². The van der Waals surface area contributed by atoms with Crippen LogP contribution in [-0.2, 0) is 15.5 Å². The fraction of sp³-hybridized carbons (Fsp3) is 0.350. The first-order chi connectivity index (χ1) is 12.2. The van der Waals surface area contributed by atoms with E-state index in [1.165, 1.54) is 23.9 Å². The van der Waals surface area contributed by atoms with Gasteiger partial charge in [-0.15, -0.1) is 0 Å². The molecule has 4 nitrogen and oxygen atoms in total. The van der Waals surface area contributed by atoms with Crippen LogP contribution in [0.1, 0.15) is 33.3 Å². The van der Waals surface area contributed by atoms with Crippen LogP contribution in [-0.4, -0.2) is 13.4 Å². The van der Waals surface area contributed by atoms with Crippen LogP contribution in [0.5, 0.6) is 0 Å². The molecule has 0 saturated heterocycles. The Kier molecular flexibility index (Phi) is 20.6. The summed E-state index contributed by atoms with van der Waals surface area (Å²) in [6, 6.07) is 9.99. The van der Waals surface area contributed by atoms with E-state index in [1.54, 1.807) is 7.11 Å². The molecule has 140 valence electrons. The van der Waals surface area contributed by atoms with Gasteiger partial charge < -0.3 is 14.6 Å². The molecule has 1 aromatic carbocycles. The topological polar surface area (TPSA) is 64.3 Å². The number of aldehydes is 1. The third-order valence-corrected chi connectivity index (χ3v) is 3.19. The molecule has 0 heterocycles. The van der Waals surface area contributed by atoms with Gasteiger partial charge in [0.25, 0.3) is 0 Å². The van der Waals surface area contributed by atoms with Crippen LogP contribution in [0.4, 0.5) is 0 Å². The van der Waals surface area contributed by atoms with Crippen LogP contribution in [0.2, 0.25) is 0 Å². The number of carbonyl (C=O) groups excluding carboxylic acids is 1. The number of hydrogen-bond acceptors (Lipinski definition) is 5. The maximum atomic E-state index is 10.1. The highest BCUT2D eigenvalue weighted by molar-refractivity contribution is 7.92. The fourth-order valence-electron chi connectivity index (χ4n) is 1.43. The maximum Gasteiger partial charge on any atom is 0.142 e. The van der Waals surface area contributed by atoms with Gasteiger partial charge in [0.15, 0.2) is 0 Å². The highest BCUT2D eigenvalue weighted by Crippen LogP contribution is 2.05. The normalized spacial score (nSPS) is 12.0. The molecule has 1 aromatic rings. The second-order valence-electron chi connectivity index (χ2n) is 4.53. The zero-order valence-corrected chi connectivity index (χ0v) is 16.8. The van der Waals surface area contributed by atoms with Crippen LogP contribution in [0.15, 0.2) is 66.4 Å². The third-order valence-electron chi connectivity index (χ3n) is 2.70. The van der Waals surface area contributed by atoms with Gasteiger partial charge in [-0.1, -0.05) is 69.3 Å². The van der Waals surface area contributed by atoms with Crippen molar-refractivity contribution in [1.29, 1.82) is 0 Å². The van der Waals surface area contributed by atoms with Gasteiger partial charge in [0.05, 0.1) is 7.11 Å². The Hall–Kier alpha value is -1.82. The average Bonchev–Trinajstić information content (AvgIpc) is 2.69. The zero-order chi connectivity index (χ0) is 19.3. The number of nitrogens with two attached hydrogens (primary N) is 1. The van der Waals surface area contributed by atoms with E-state index in [4.69, 9.17) is 9.92 Å². The third kappa shape index (κ3) is 16.8. The molecule has 0 bridgehead atoms. The molecule has 0 radical (unpaired) electrons. The summed E-state index contributed by atoms with van der Waals surface area (Å²) in [5, 5.41) is 0. The molecule has 0 aliphatic heterocycles. The predicted molar refractivity (Wildman–Crippen MR) is 111 cm³/mol. The molecular formula is C20H32N2O2S. The molecule has 1 atom stereocenters. The Morgan fingerprint density at radius 1 is 1.28 bits per heavy atom. The van der Waals surface area contributed by atoms with Crippen molar-refractivity contribution < 1.29 is 8.98 Å². The number of nitrogens with one attached hydrogen (secondary N) is 1. The molecule has 0 saturated carbocycles. The molecule has 0 fully saturated rings. The smallest absolute Gasteiger partial charge is 0.142 e. The summed E-state index contributed by atoms with van der Waals surface area (Å²) in [6.07, 6.45) is 10.0. The molecule has 5 heteroatoms. The van der Waals surface area contributed by atoms with Gasteiger partial charge in [-0.3, -0.25) is 4.79 Å². The van der Waals surface area contributed by atoms with Crippen LogP contribution in [0.3, 0.4) is 0 Å². The first-order valence-electron chi connectivity index (χ1n) is 8.34. The Bertz CT molecular complexity index is 500. The predicted octanol–water partition coefficient (Wildman–Crippen LogP) is 4.81. The van der Waals surface area contributed by atoms with E-state index in [9.17, 15) is 4.79 Å². The first-order valence-corrected chi connectivity index (χ1v) is 9.08. The number of allylic oxidation sites excluding steroid dienone is 5. The van der Waals surface area contributed by atoms with Gasteiger partial charge in [0.1, 0.15) is 18.5 Å². The van der Waals surface area contributed by atoms with Gasteiger partial charge >= 0.3 is 0 Å². The number of carbonyl (C=O) groups is 1. The summed E-state index contributed by atoms with van der Waals surface area (Å²) in [5.41, 5.74) is 7.50. The Balaban J connectivity index is 0. The Morgan fingerprint density at radius 2 is 1.92 bits per heavy atom. The van der Waals surface area contributed by atoms with Crippen molar-refractivity contribution in [2.45, 2.75) is 34.2 Å². The average molecular weight is 365 g/mol. The highest BCUT2D eigenvalue weighted by Gasteiger charge is 1.92. The summed E-state index contributed by atoms with van der Waals surface area (Å²) in [6.45, 7) is 8.59. The standard InChI is InChI=1S/C11H17NO2S.C7H9N.C2H6/c1-4-11(12-15-14-3)8-7-10(2)6-5-9-13;8-6-7-4-2-1-3-5-7;1-2/h4-10,12H,1-3H3;1-5H,6,8H2;1-2H3/b6-5+,8-7-,11-4+;;. The quantitative estimate of drug-likeness (QED) is 0.228. The second kappa shape index (κ2) is 20.2. The highest BCUT2D eigenvalue weighted by atomic mass is 32.2. The lowest BCUT2D eigenvalue weighted by Crippen LogP contribution is -2.00. The van der Waals surface area contributed by atoms with E-state index in [2.05, 4.69) is 4.72 Å². The molecule has 0 aliphatic rings. The summed E-state index contributed by atoms with van der Waals surface area (Å²) in [4.78, 5) is 10.1. The number of rotatable bonds is 8. The number of benzene rings is 1. The van der Waals surface area contributed by atoms with Crippen LogP contribution < -0.4 is 10.5 Å². The maximum absolute atomic E-state index is 10.1. The minimum absolute atomic E-state index is 0.236. The van der Waals surface area contributed by atoms with Crippen molar-refractivity contribution in [3.63, 3.8) is 0 Å². The van der Waals surface area contributed by atoms with Gasteiger partial charge in [0.2, 0.25) is 0 Å². The molecule has 1 rings (SSSR count). The molecule has 0 aliphatic carbocycles. The summed E-state index contributed by atoms with van der Waals surface area (Å²) in [7, 11) is 1.60. The van der Waals surface area contributed by atoms with Crippen LogP contribution in [0, 0.1) is 5.92 Å². The van der Waals surface area contributed by atoms with Crippen molar-refractivity contribution in [3.8, 4) is 0 Å². The number of hydrogen-bond donors (Lipinski definition) is 2. The lowest BCUT2D eigenvalue weighted by molar-refractivity contribution is -0.104. The van der Waals surface area contributed by atoms with E-state index in [-0.39, 0.29) is 5.92 Å². The zero-order valence-electron chi connectivity index (χ0n) is 15.9. The molecular weight excluding hydrogens is 332 g/mol. The monoisotopic (exact) mass is 364 g/mol. The van der Waals surface area contributed by atoms with Crippen molar-refractivity contribution in [1.82, 2.24) is 4.72 Å². The van der Waals surface area contributed by atoms with E-state index >= 15 is 0 Å². The van der Waals surface area contributed by atoms with Gasteiger partial charge in [0, 0.05) is 12.2 Å². The summed E-state index contributed by atoms with van der Waals surface area (Å²) >= 11 is 1.17. The van der Waals surface area contributed by atoms with Gasteiger partial charge in [-0.2, -0.15) is 0 Å². The minimum atomic E-state index is 0.236. The minimum Gasteiger partial charge on any atom is -0.326 e. The van der Waals surface area contributed by atoms with Crippen molar-refractivity contribution >= 4 is 18.5 Å². The molecule has 0 aromatic heterocycles. The Labute approximate surface area is 157 Å². The van der Waals surface area contributed by atoms with Crippen LogP contribution >= 0.6 is 12.2 Å². The van der Waals surface area contributed by atoms with Gasteiger partial charge in [-0.05, 0) is 30.6 Å². The van der Waals surface area contributed by atoms with E-state index in [0.29, 0.717) is 6.54 Å². The van der Waals surface area contributed by atoms with E-state index < -0.39 is 0 Å². The first kappa shape index (κ1) is 25.4. The van der Waals surface area contributed by atoms with E-state index in [0.717, 1.165) is 12.0 Å². The summed E-state index contributed by atoms with van der Waals surface area (Å²) < 4.78 is 7.82. The van der Waals surface area contributed by atoms with E-state index in [1.807, 2.05) is 82.3 Å². The fourth-order valence-corrected chi connectivity index (χ4v) is 1.80. The largest absolute Gasteiger partial charge is 0.326 e. The van der Waals surface area contributed by atoms with Crippen molar-refractivity contribution in [3.05, 3.63) is 72.0 Å². The summed E-state index contributed by atoms with van der Waals surface area (Å²) in [5.74, 6) is 0.236. The molecule has 0 spiro atoms. The lowest BCUT2D eigenvalue weighted by atomic mass is 10.1.